The van der Waals surface area contributed by atoms with Crippen LogP contribution in [0.15, 0.2) is 54.7 Å². The highest BCUT2D eigenvalue weighted by molar-refractivity contribution is 5.98. The summed E-state index contributed by atoms with van der Waals surface area (Å²) in [4.78, 5) is 26.9. The Morgan fingerprint density at radius 3 is 2.50 bits per heavy atom. The molecule has 0 N–H and O–H groups in total. The van der Waals surface area contributed by atoms with Crippen molar-refractivity contribution in [2.45, 2.75) is 40.2 Å². The van der Waals surface area contributed by atoms with Gasteiger partial charge in [0.1, 0.15) is 0 Å². The Hall–Kier alpha value is -3.08. The molecule has 1 atom stereocenters. The van der Waals surface area contributed by atoms with E-state index in [1.54, 1.807) is 12.1 Å². The van der Waals surface area contributed by atoms with Gasteiger partial charge in [-0.15, -0.1) is 0 Å². The molecule has 0 radical (unpaired) electrons. The minimum Gasteiger partial charge on any atom is -0.465 e. The highest BCUT2D eigenvalue weighted by Crippen LogP contribution is 2.33. The van der Waals surface area contributed by atoms with Crippen LogP contribution in [0, 0.1) is 11.3 Å². The zero-order chi connectivity index (χ0) is 22.9. The van der Waals surface area contributed by atoms with Gasteiger partial charge in [-0.3, -0.25) is 4.79 Å². The third kappa shape index (κ3) is 4.72. The summed E-state index contributed by atoms with van der Waals surface area (Å²) in [5.74, 6) is 0.303. The second-order valence-electron chi connectivity index (χ2n) is 9.88. The average Bonchev–Trinajstić information content (AvgIpc) is 3.10. The minimum absolute atomic E-state index is 0.127. The number of carbonyl (C=O) groups excluding carboxylic acids is 2. The number of nitrogens with zero attached hydrogens (tertiary/aromatic N) is 2. The van der Waals surface area contributed by atoms with Crippen LogP contribution in [0.4, 0.5) is 0 Å². The van der Waals surface area contributed by atoms with Crippen LogP contribution < -0.4 is 0 Å². The van der Waals surface area contributed by atoms with E-state index in [0.29, 0.717) is 18.0 Å². The smallest absolute Gasteiger partial charge is 0.337 e. The molecule has 1 amide bonds. The Labute approximate surface area is 190 Å². The monoisotopic (exact) mass is 432 g/mol. The molecule has 1 fully saturated rings. The molecule has 3 aromatic rings. The van der Waals surface area contributed by atoms with Crippen LogP contribution in [0.5, 0.6) is 0 Å². The number of aromatic nitrogens is 1. The van der Waals surface area contributed by atoms with Crippen molar-refractivity contribution >= 4 is 22.8 Å². The number of benzene rings is 2. The molecule has 1 aromatic heterocycles. The summed E-state index contributed by atoms with van der Waals surface area (Å²) in [6, 6.07) is 15.5. The lowest BCUT2D eigenvalue weighted by molar-refractivity contribution is 0.0600. The SMILES string of the molecule is COC(=O)c1ccc(Cn2ccc3cc(C(=O)N4CCC(C)(C)CC(C)C4)ccc32)cc1. The fourth-order valence-electron chi connectivity index (χ4n) is 4.91. The normalized spacial score (nSPS) is 18.4. The van der Waals surface area contributed by atoms with Crippen LogP contribution in [0.1, 0.15) is 59.9 Å². The van der Waals surface area contributed by atoms with Gasteiger partial charge in [0.05, 0.1) is 12.7 Å². The second-order valence-corrected chi connectivity index (χ2v) is 9.88. The van der Waals surface area contributed by atoms with Crippen molar-refractivity contribution in [1.82, 2.24) is 9.47 Å². The Balaban J connectivity index is 1.51. The molecule has 1 aliphatic heterocycles. The number of amides is 1. The summed E-state index contributed by atoms with van der Waals surface area (Å²) in [5.41, 5.74) is 3.76. The van der Waals surface area contributed by atoms with Crippen molar-refractivity contribution in [3.05, 3.63) is 71.4 Å². The fourth-order valence-corrected chi connectivity index (χ4v) is 4.91. The van der Waals surface area contributed by atoms with Gasteiger partial charge in [-0.05, 0) is 66.1 Å². The largest absolute Gasteiger partial charge is 0.465 e. The lowest BCUT2D eigenvalue weighted by Crippen LogP contribution is -2.34. The number of carbonyl (C=O) groups is 2. The zero-order valence-electron chi connectivity index (χ0n) is 19.4. The number of likely N-dealkylation sites (tertiary alicyclic amines) is 1. The number of fused-ring (bicyclic) bond motifs is 1. The molecule has 0 spiro atoms. The summed E-state index contributed by atoms with van der Waals surface area (Å²) in [7, 11) is 1.38. The van der Waals surface area contributed by atoms with Gasteiger partial charge in [0.15, 0.2) is 0 Å². The Bertz CT molecular complexity index is 1130. The molecule has 168 valence electrons. The van der Waals surface area contributed by atoms with Crippen molar-refractivity contribution in [2.24, 2.45) is 11.3 Å². The molecular formula is C27H32N2O3. The number of hydrogen-bond donors (Lipinski definition) is 0. The lowest BCUT2D eigenvalue weighted by Gasteiger charge is -2.23. The van der Waals surface area contributed by atoms with Crippen LogP contribution in [0.3, 0.4) is 0 Å². The number of rotatable bonds is 4. The molecule has 1 unspecified atom stereocenters. The van der Waals surface area contributed by atoms with Crippen molar-refractivity contribution in [2.75, 3.05) is 20.2 Å². The van der Waals surface area contributed by atoms with Gasteiger partial charge in [0.2, 0.25) is 0 Å². The summed E-state index contributed by atoms with van der Waals surface area (Å²) in [6.45, 7) is 9.18. The topological polar surface area (TPSA) is 51.5 Å². The van der Waals surface area contributed by atoms with Crippen molar-refractivity contribution in [3.63, 3.8) is 0 Å². The van der Waals surface area contributed by atoms with Crippen LogP contribution >= 0.6 is 0 Å². The number of esters is 1. The molecule has 1 saturated heterocycles. The van der Waals surface area contributed by atoms with E-state index >= 15 is 0 Å². The molecule has 1 aliphatic rings. The van der Waals surface area contributed by atoms with E-state index in [2.05, 4.69) is 31.4 Å². The van der Waals surface area contributed by atoms with Crippen LogP contribution in [-0.4, -0.2) is 41.5 Å². The van der Waals surface area contributed by atoms with E-state index in [0.717, 1.165) is 48.0 Å². The summed E-state index contributed by atoms with van der Waals surface area (Å²) in [6.07, 6.45) is 4.24. The van der Waals surface area contributed by atoms with E-state index < -0.39 is 0 Å². The maximum Gasteiger partial charge on any atom is 0.337 e. The first-order valence-electron chi connectivity index (χ1n) is 11.3. The second kappa shape index (κ2) is 8.81. The summed E-state index contributed by atoms with van der Waals surface area (Å²) in [5, 5.41) is 1.06. The van der Waals surface area contributed by atoms with Gasteiger partial charge < -0.3 is 14.2 Å². The molecule has 2 heterocycles. The molecule has 0 saturated carbocycles. The van der Waals surface area contributed by atoms with Crippen molar-refractivity contribution in [1.29, 1.82) is 0 Å². The van der Waals surface area contributed by atoms with Crippen LogP contribution in [-0.2, 0) is 11.3 Å². The Kier molecular flexibility index (Phi) is 6.09. The fraction of sp³-hybridized carbons (Fsp3) is 0.407. The first-order chi connectivity index (χ1) is 15.3. The molecule has 4 rings (SSSR count). The quantitative estimate of drug-likeness (QED) is 0.521. The van der Waals surface area contributed by atoms with Crippen LogP contribution in [0.2, 0.25) is 0 Å². The third-order valence-electron chi connectivity index (χ3n) is 6.52. The van der Waals surface area contributed by atoms with E-state index in [1.807, 2.05) is 41.4 Å². The van der Waals surface area contributed by atoms with Gasteiger partial charge in [0, 0.05) is 42.3 Å². The highest BCUT2D eigenvalue weighted by Gasteiger charge is 2.29. The zero-order valence-corrected chi connectivity index (χ0v) is 19.4. The molecule has 0 aliphatic carbocycles. The molecule has 5 nitrogen and oxygen atoms in total. The van der Waals surface area contributed by atoms with Crippen molar-refractivity contribution in [3.8, 4) is 0 Å². The number of methoxy groups -OCH3 is 1. The highest BCUT2D eigenvalue weighted by atomic mass is 16.5. The molecule has 32 heavy (non-hydrogen) atoms. The van der Waals surface area contributed by atoms with Crippen LogP contribution in [0.25, 0.3) is 10.9 Å². The third-order valence-corrected chi connectivity index (χ3v) is 6.52. The van der Waals surface area contributed by atoms with Gasteiger partial charge in [-0.1, -0.05) is 32.9 Å². The van der Waals surface area contributed by atoms with Gasteiger partial charge in [-0.25, -0.2) is 4.79 Å². The average molecular weight is 433 g/mol. The van der Waals surface area contributed by atoms with Gasteiger partial charge >= 0.3 is 5.97 Å². The molecule has 5 heteroatoms. The van der Waals surface area contributed by atoms with Gasteiger partial charge in [0.25, 0.3) is 5.91 Å². The number of hydrogen-bond acceptors (Lipinski definition) is 3. The predicted molar refractivity (Wildman–Crippen MR) is 127 cm³/mol. The molecule has 2 aromatic carbocycles. The van der Waals surface area contributed by atoms with Crippen molar-refractivity contribution < 1.29 is 14.3 Å². The van der Waals surface area contributed by atoms with E-state index in [4.69, 9.17) is 4.74 Å². The first-order valence-corrected chi connectivity index (χ1v) is 11.3. The lowest BCUT2D eigenvalue weighted by atomic mass is 9.82. The minimum atomic E-state index is -0.331. The predicted octanol–water partition coefficient (Wildman–Crippen LogP) is 5.37. The number of ether oxygens (including phenoxy) is 1. The molecular weight excluding hydrogens is 400 g/mol. The maximum atomic E-state index is 13.2. The Morgan fingerprint density at radius 1 is 1.06 bits per heavy atom. The first kappa shape index (κ1) is 22.1. The molecule has 0 bridgehead atoms. The standard InChI is InChI=1S/C27H32N2O3/c1-19-16-27(2,3)12-14-29(17-19)25(30)23-9-10-24-22(15-23)11-13-28(24)18-20-5-7-21(8-6-20)26(31)32-4/h5-11,13,15,19H,12,14,16-18H2,1-4H3. The van der Waals surface area contributed by atoms with Gasteiger partial charge in [-0.2, -0.15) is 0 Å². The summed E-state index contributed by atoms with van der Waals surface area (Å²) >= 11 is 0. The maximum absolute atomic E-state index is 13.2. The van der Waals surface area contributed by atoms with E-state index in [1.165, 1.54) is 7.11 Å². The van der Waals surface area contributed by atoms with E-state index in [9.17, 15) is 9.59 Å². The van der Waals surface area contributed by atoms with E-state index in [-0.39, 0.29) is 17.3 Å². The Morgan fingerprint density at radius 2 is 1.78 bits per heavy atom. The summed E-state index contributed by atoms with van der Waals surface area (Å²) < 4.78 is 6.92.